The number of ether oxygens (including phenoxy) is 1. The minimum Gasteiger partial charge on any atom is -0.507 e. The summed E-state index contributed by atoms with van der Waals surface area (Å²) in [5, 5.41) is 11.1. The average molecular weight is 442 g/mol. The predicted octanol–water partition coefficient (Wildman–Crippen LogP) is 5.66. The Labute approximate surface area is 193 Å². The van der Waals surface area contributed by atoms with Gasteiger partial charge >= 0.3 is 0 Å². The van der Waals surface area contributed by atoms with Crippen LogP contribution in [0.15, 0.2) is 84.4 Å². The third-order valence-corrected chi connectivity index (χ3v) is 5.68. The Bertz CT molecular complexity index is 1180. The van der Waals surface area contributed by atoms with Crippen molar-refractivity contribution in [3.8, 4) is 5.75 Å². The Kier molecular flexibility index (Phi) is 6.31. The predicted molar refractivity (Wildman–Crippen MR) is 129 cm³/mol. The molecule has 1 atom stereocenters. The fourth-order valence-corrected chi connectivity index (χ4v) is 4.06. The summed E-state index contributed by atoms with van der Waals surface area (Å²) in [6.07, 6.45) is 0.898. The molecule has 1 unspecified atom stereocenters. The number of rotatable bonds is 6. The van der Waals surface area contributed by atoms with Crippen molar-refractivity contribution < 1.29 is 19.4 Å². The van der Waals surface area contributed by atoms with E-state index in [0.717, 1.165) is 17.5 Å². The second-order valence-electron chi connectivity index (χ2n) is 8.29. The number of hydrogen-bond acceptors (Lipinski definition) is 4. The van der Waals surface area contributed by atoms with Gasteiger partial charge in [0.05, 0.1) is 17.7 Å². The molecular weight excluding hydrogens is 414 g/mol. The molecule has 1 aliphatic heterocycles. The maximum atomic E-state index is 13.2. The van der Waals surface area contributed by atoms with Gasteiger partial charge in [0.25, 0.3) is 11.7 Å². The van der Waals surface area contributed by atoms with E-state index in [4.69, 9.17) is 4.74 Å². The highest BCUT2D eigenvalue weighted by Gasteiger charge is 2.46. The topological polar surface area (TPSA) is 66.8 Å². The van der Waals surface area contributed by atoms with Crippen LogP contribution in [0.1, 0.15) is 43.5 Å². The molecule has 168 valence electrons. The number of carbonyl (C=O) groups excluding carboxylic acids is 2. The molecule has 0 saturated carbocycles. The van der Waals surface area contributed by atoms with Crippen molar-refractivity contribution in [3.05, 3.63) is 101 Å². The molecular formula is C28H27NO4. The number of ketones is 1. The molecule has 3 aromatic carbocycles. The maximum Gasteiger partial charge on any atom is 0.300 e. The van der Waals surface area contributed by atoms with Gasteiger partial charge in [-0.1, -0.05) is 61.5 Å². The van der Waals surface area contributed by atoms with Gasteiger partial charge in [0, 0.05) is 11.3 Å². The number of benzene rings is 3. The van der Waals surface area contributed by atoms with E-state index in [2.05, 4.69) is 6.92 Å². The summed E-state index contributed by atoms with van der Waals surface area (Å²) in [6.45, 7) is 5.95. The summed E-state index contributed by atoms with van der Waals surface area (Å²) in [7, 11) is 0. The van der Waals surface area contributed by atoms with Crippen LogP contribution < -0.4 is 9.64 Å². The van der Waals surface area contributed by atoms with Gasteiger partial charge in [0.2, 0.25) is 0 Å². The first-order valence-corrected chi connectivity index (χ1v) is 11.1. The number of Topliss-reactive ketones (excluding diaryl/α,β-unsaturated/α-hetero) is 1. The van der Waals surface area contributed by atoms with Crippen molar-refractivity contribution in [2.45, 2.75) is 39.3 Å². The molecule has 5 nitrogen and oxygen atoms in total. The second kappa shape index (κ2) is 9.33. The lowest BCUT2D eigenvalue weighted by atomic mass is 9.94. The van der Waals surface area contributed by atoms with E-state index in [1.54, 1.807) is 48.5 Å². The number of hydrogen-bond donors (Lipinski definition) is 1. The van der Waals surface area contributed by atoms with Crippen molar-refractivity contribution in [1.82, 2.24) is 0 Å². The number of aliphatic hydroxyl groups is 1. The van der Waals surface area contributed by atoms with Crippen LogP contribution in [-0.2, 0) is 16.0 Å². The van der Waals surface area contributed by atoms with Crippen molar-refractivity contribution in [1.29, 1.82) is 0 Å². The van der Waals surface area contributed by atoms with Gasteiger partial charge in [-0.25, -0.2) is 0 Å². The highest BCUT2D eigenvalue weighted by atomic mass is 16.5. The van der Waals surface area contributed by atoms with Gasteiger partial charge in [0.1, 0.15) is 11.5 Å². The van der Waals surface area contributed by atoms with Gasteiger partial charge in [0.15, 0.2) is 0 Å². The lowest BCUT2D eigenvalue weighted by molar-refractivity contribution is -0.132. The van der Waals surface area contributed by atoms with Crippen LogP contribution in [0.25, 0.3) is 5.76 Å². The third kappa shape index (κ3) is 4.40. The molecule has 0 radical (unpaired) electrons. The first-order chi connectivity index (χ1) is 15.9. The smallest absolute Gasteiger partial charge is 0.300 e. The molecule has 1 heterocycles. The molecule has 1 N–H and O–H groups in total. The Hall–Kier alpha value is -3.86. The number of aryl methyl sites for hydroxylation is 1. The van der Waals surface area contributed by atoms with Gasteiger partial charge in [-0.3, -0.25) is 14.5 Å². The van der Waals surface area contributed by atoms with Crippen LogP contribution in [-0.4, -0.2) is 22.9 Å². The van der Waals surface area contributed by atoms with E-state index in [9.17, 15) is 14.7 Å². The summed E-state index contributed by atoms with van der Waals surface area (Å²) in [4.78, 5) is 27.9. The largest absolute Gasteiger partial charge is 0.507 e. The number of amides is 1. The molecule has 5 heteroatoms. The highest BCUT2D eigenvalue weighted by molar-refractivity contribution is 6.51. The molecule has 4 rings (SSSR count). The van der Waals surface area contributed by atoms with E-state index < -0.39 is 17.7 Å². The SMILES string of the molecule is CCc1ccc(C2/C(=C(\O)c3ccccc3)C(=O)C(=O)N2c2ccc(OC(C)C)cc2)cc1. The minimum absolute atomic E-state index is 0.0213. The fourth-order valence-electron chi connectivity index (χ4n) is 4.06. The van der Waals surface area contributed by atoms with Gasteiger partial charge in [-0.2, -0.15) is 0 Å². The molecule has 1 fully saturated rings. The summed E-state index contributed by atoms with van der Waals surface area (Å²) in [6, 6.07) is 23.0. The summed E-state index contributed by atoms with van der Waals surface area (Å²) < 4.78 is 5.71. The van der Waals surface area contributed by atoms with Crippen molar-refractivity contribution in [2.75, 3.05) is 4.90 Å². The van der Waals surface area contributed by atoms with Gasteiger partial charge in [-0.05, 0) is 55.7 Å². The summed E-state index contributed by atoms with van der Waals surface area (Å²) in [5.41, 5.74) is 3.04. The Morgan fingerprint density at radius 2 is 1.58 bits per heavy atom. The van der Waals surface area contributed by atoms with Crippen LogP contribution in [0.3, 0.4) is 0 Å². The van der Waals surface area contributed by atoms with E-state index in [0.29, 0.717) is 17.0 Å². The highest BCUT2D eigenvalue weighted by Crippen LogP contribution is 2.42. The van der Waals surface area contributed by atoms with E-state index in [1.807, 2.05) is 44.2 Å². The van der Waals surface area contributed by atoms with E-state index in [-0.39, 0.29) is 17.4 Å². The molecule has 33 heavy (non-hydrogen) atoms. The van der Waals surface area contributed by atoms with Gasteiger partial charge in [-0.15, -0.1) is 0 Å². The lowest BCUT2D eigenvalue weighted by Gasteiger charge is -2.26. The lowest BCUT2D eigenvalue weighted by Crippen LogP contribution is -2.29. The normalized spacial score (nSPS) is 17.6. The number of nitrogens with zero attached hydrogens (tertiary/aromatic N) is 1. The van der Waals surface area contributed by atoms with Crippen LogP contribution in [0.4, 0.5) is 5.69 Å². The van der Waals surface area contributed by atoms with Crippen LogP contribution >= 0.6 is 0 Å². The van der Waals surface area contributed by atoms with Crippen LogP contribution in [0.5, 0.6) is 5.75 Å². The quantitative estimate of drug-likeness (QED) is 0.304. The molecule has 1 aliphatic rings. The average Bonchev–Trinajstić information content (AvgIpc) is 3.10. The second-order valence-corrected chi connectivity index (χ2v) is 8.29. The van der Waals surface area contributed by atoms with Crippen molar-refractivity contribution in [2.24, 2.45) is 0 Å². The maximum absolute atomic E-state index is 13.2. The van der Waals surface area contributed by atoms with Crippen molar-refractivity contribution in [3.63, 3.8) is 0 Å². The van der Waals surface area contributed by atoms with E-state index in [1.165, 1.54) is 4.90 Å². The molecule has 3 aromatic rings. The molecule has 0 aromatic heterocycles. The minimum atomic E-state index is -0.743. The van der Waals surface area contributed by atoms with Crippen LogP contribution in [0, 0.1) is 0 Å². The fraction of sp³-hybridized carbons (Fsp3) is 0.214. The van der Waals surface area contributed by atoms with Crippen LogP contribution in [0.2, 0.25) is 0 Å². The standard InChI is InChI=1S/C28H27NO4/c1-4-19-10-12-20(13-11-19)25-24(26(30)21-8-6-5-7-9-21)27(31)28(32)29(25)22-14-16-23(17-15-22)33-18(2)3/h5-18,25,30H,4H2,1-3H3/b26-24+. The zero-order chi connectivity index (χ0) is 23.5. The zero-order valence-corrected chi connectivity index (χ0v) is 19.0. The Balaban J connectivity index is 1.85. The summed E-state index contributed by atoms with van der Waals surface area (Å²) >= 11 is 0. The molecule has 1 saturated heterocycles. The van der Waals surface area contributed by atoms with E-state index >= 15 is 0 Å². The zero-order valence-electron chi connectivity index (χ0n) is 19.0. The van der Waals surface area contributed by atoms with Gasteiger partial charge < -0.3 is 9.84 Å². The number of carbonyl (C=O) groups is 2. The first-order valence-electron chi connectivity index (χ1n) is 11.1. The number of anilines is 1. The molecule has 1 amide bonds. The monoisotopic (exact) mass is 441 g/mol. The van der Waals surface area contributed by atoms with Crippen molar-refractivity contribution >= 4 is 23.1 Å². The Morgan fingerprint density at radius 3 is 2.15 bits per heavy atom. The number of aliphatic hydroxyl groups excluding tert-OH is 1. The molecule has 0 bridgehead atoms. The Morgan fingerprint density at radius 1 is 0.939 bits per heavy atom. The molecule has 0 spiro atoms. The molecule has 0 aliphatic carbocycles. The third-order valence-electron chi connectivity index (χ3n) is 5.68. The first kappa shape index (κ1) is 22.3. The summed E-state index contributed by atoms with van der Waals surface area (Å²) in [5.74, 6) is -0.878.